The number of hydrogen-bond acceptors (Lipinski definition) is 3. The van der Waals surface area contributed by atoms with E-state index in [9.17, 15) is 0 Å². The summed E-state index contributed by atoms with van der Waals surface area (Å²) in [5.41, 5.74) is 8.12. The maximum Gasteiger partial charge on any atom is 0.138 e. The molecule has 0 radical (unpaired) electrons. The molecule has 3 heteroatoms. The summed E-state index contributed by atoms with van der Waals surface area (Å²) in [4.78, 5) is 0. The van der Waals surface area contributed by atoms with Crippen LogP contribution in [0.4, 0.5) is 0 Å². The highest BCUT2D eigenvalue weighted by molar-refractivity contribution is 5.34. The number of benzene rings is 2. The largest absolute Gasteiger partial charge is 0.484 e. The molecule has 2 aromatic carbocycles. The van der Waals surface area contributed by atoms with Crippen molar-refractivity contribution in [2.45, 2.75) is 25.5 Å². The molecule has 0 aliphatic carbocycles. The van der Waals surface area contributed by atoms with E-state index in [0.29, 0.717) is 6.42 Å². The van der Waals surface area contributed by atoms with E-state index in [-0.39, 0.29) is 18.8 Å². The molecule has 2 rings (SSSR count). The molecular formula is C17H21NO2. The number of aliphatic hydroxyl groups is 1. The van der Waals surface area contributed by atoms with Crippen LogP contribution in [0.5, 0.6) is 5.75 Å². The van der Waals surface area contributed by atoms with Crippen LogP contribution in [0.15, 0.2) is 54.6 Å². The minimum atomic E-state index is -0.198. The molecule has 3 nitrogen and oxygen atoms in total. The van der Waals surface area contributed by atoms with Crippen molar-refractivity contribution in [3.63, 3.8) is 0 Å². The number of rotatable bonds is 6. The number of para-hydroxylation sites is 1. The molecule has 2 aromatic rings. The second kappa shape index (κ2) is 7.08. The molecule has 0 saturated heterocycles. The Morgan fingerprint density at radius 1 is 1.05 bits per heavy atom. The van der Waals surface area contributed by atoms with Gasteiger partial charge in [0.15, 0.2) is 0 Å². The molecule has 3 N–H and O–H groups in total. The van der Waals surface area contributed by atoms with Crippen LogP contribution < -0.4 is 10.5 Å². The molecule has 0 amide bonds. The average Bonchev–Trinajstić information content (AvgIpc) is 2.47. The fourth-order valence-corrected chi connectivity index (χ4v) is 2.20. The van der Waals surface area contributed by atoms with Gasteiger partial charge >= 0.3 is 0 Å². The second-order valence-corrected chi connectivity index (χ2v) is 4.89. The molecule has 0 aliphatic rings. The smallest absolute Gasteiger partial charge is 0.138 e. The van der Waals surface area contributed by atoms with Crippen LogP contribution in [-0.4, -0.2) is 17.8 Å². The molecule has 2 unspecified atom stereocenters. The van der Waals surface area contributed by atoms with Gasteiger partial charge in [0.05, 0.1) is 0 Å². The Morgan fingerprint density at radius 2 is 1.70 bits per heavy atom. The number of hydrogen-bond donors (Lipinski definition) is 2. The van der Waals surface area contributed by atoms with Gasteiger partial charge in [0, 0.05) is 12.6 Å². The molecule has 0 aromatic heterocycles. The van der Waals surface area contributed by atoms with Crippen molar-refractivity contribution in [3.05, 3.63) is 65.7 Å². The van der Waals surface area contributed by atoms with E-state index in [1.54, 1.807) is 0 Å². The van der Waals surface area contributed by atoms with E-state index >= 15 is 0 Å². The van der Waals surface area contributed by atoms with Crippen LogP contribution in [0.3, 0.4) is 0 Å². The third kappa shape index (κ3) is 3.59. The molecular weight excluding hydrogens is 250 g/mol. The predicted molar refractivity (Wildman–Crippen MR) is 80.7 cm³/mol. The van der Waals surface area contributed by atoms with Gasteiger partial charge in [-0.05, 0) is 30.5 Å². The van der Waals surface area contributed by atoms with Gasteiger partial charge in [-0.3, -0.25) is 0 Å². The van der Waals surface area contributed by atoms with Gasteiger partial charge in [-0.15, -0.1) is 0 Å². The fourth-order valence-electron chi connectivity index (χ4n) is 2.20. The third-order valence-electron chi connectivity index (χ3n) is 3.21. The first kappa shape index (κ1) is 14.6. The Hall–Kier alpha value is -1.84. The number of aliphatic hydroxyl groups excluding tert-OH is 1. The van der Waals surface area contributed by atoms with Crippen molar-refractivity contribution < 1.29 is 9.84 Å². The molecule has 0 heterocycles. The summed E-state index contributed by atoms with van der Waals surface area (Å²) < 4.78 is 6.11. The fraction of sp³-hybridized carbons (Fsp3) is 0.294. The topological polar surface area (TPSA) is 55.5 Å². The van der Waals surface area contributed by atoms with Crippen molar-refractivity contribution in [3.8, 4) is 5.75 Å². The van der Waals surface area contributed by atoms with Gasteiger partial charge in [0.25, 0.3) is 0 Å². The van der Waals surface area contributed by atoms with Crippen molar-refractivity contribution >= 4 is 0 Å². The third-order valence-corrected chi connectivity index (χ3v) is 3.21. The molecule has 20 heavy (non-hydrogen) atoms. The van der Waals surface area contributed by atoms with E-state index in [1.807, 2.05) is 61.5 Å². The summed E-state index contributed by atoms with van der Waals surface area (Å²) in [6, 6.07) is 17.6. The van der Waals surface area contributed by atoms with E-state index in [4.69, 9.17) is 15.6 Å². The van der Waals surface area contributed by atoms with Gasteiger partial charge in [-0.1, -0.05) is 48.5 Å². The zero-order valence-electron chi connectivity index (χ0n) is 11.7. The molecule has 2 atom stereocenters. The molecule has 0 saturated carbocycles. The standard InChI is InChI=1S/C17H21NO2/c1-13(18)17(15-8-3-2-4-9-15)20-16-10-6-5-7-14(16)11-12-19/h2-10,13,17,19H,11-12,18H2,1H3. The van der Waals surface area contributed by atoms with Crippen LogP contribution in [-0.2, 0) is 6.42 Å². The lowest BCUT2D eigenvalue weighted by Gasteiger charge is -2.24. The lowest BCUT2D eigenvalue weighted by molar-refractivity contribution is 0.177. The number of nitrogens with two attached hydrogens (primary N) is 1. The Morgan fingerprint density at radius 3 is 2.35 bits per heavy atom. The Kier molecular flexibility index (Phi) is 5.16. The van der Waals surface area contributed by atoms with E-state index in [1.165, 1.54) is 0 Å². The summed E-state index contributed by atoms with van der Waals surface area (Å²) in [6.45, 7) is 2.04. The highest BCUT2D eigenvalue weighted by Crippen LogP contribution is 2.27. The van der Waals surface area contributed by atoms with Crippen LogP contribution in [0, 0.1) is 0 Å². The van der Waals surface area contributed by atoms with Crippen molar-refractivity contribution in [1.29, 1.82) is 0 Å². The highest BCUT2D eigenvalue weighted by Gasteiger charge is 2.19. The second-order valence-electron chi connectivity index (χ2n) is 4.89. The van der Waals surface area contributed by atoms with Gasteiger partial charge < -0.3 is 15.6 Å². The summed E-state index contributed by atoms with van der Waals surface area (Å²) in [5.74, 6) is 0.785. The molecule has 0 fully saturated rings. The number of ether oxygens (including phenoxy) is 1. The van der Waals surface area contributed by atoms with Crippen molar-refractivity contribution in [2.75, 3.05) is 6.61 Å². The maximum atomic E-state index is 9.12. The molecule has 0 spiro atoms. The summed E-state index contributed by atoms with van der Waals surface area (Å²) in [6.07, 6.45) is 0.382. The van der Waals surface area contributed by atoms with E-state index < -0.39 is 0 Å². The zero-order chi connectivity index (χ0) is 14.4. The first-order chi connectivity index (χ1) is 9.72. The highest BCUT2D eigenvalue weighted by atomic mass is 16.5. The summed E-state index contributed by atoms with van der Waals surface area (Å²) >= 11 is 0. The Labute approximate surface area is 120 Å². The SMILES string of the molecule is CC(N)C(Oc1ccccc1CCO)c1ccccc1. The van der Waals surface area contributed by atoms with Crippen LogP contribution in [0.25, 0.3) is 0 Å². The van der Waals surface area contributed by atoms with Crippen molar-refractivity contribution in [1.82, 2.24) is 0 Å². The van der Waals surface area contributed by atoms with Crippen molar-refractivity contribution in [2.24, 2.45) is 5.73 Å². The summed E-state index contributed by atoms with van der Waals surface area (Å²) in [7, 11) is 0. The van der Waals surface area contributed by atoms with Gasteiger partial charge in [-0.25, -0.2) is 0 Å². The monoisotopic (exact) mass is 271 g/mol. The summed E-state index contributed by atoms with van der Waals surface area (Å²) in [5, 5.41) is 9.12. The van der Waals surface area contributed by atoms with Crippen LogP contribution in [0.2, 0.25) is 0 Å². The first-order valence-electron chi connectivity index (χ1n) is 6.88. The maximum absolute atomic E-state index is 9.12. The Balaban J connectivity index is 2.25. The van der Waals surface area contributed by atoms with Crippen LogP contribution in [0.1, 0.15) is 24.2 Å². The zero-order valence-corrected chi connectivity index (χ0v) is 11.7. The molecule has 0 aliphatic heterocycles. The Bertz CT molecular complexity index is 526. The molecule has 106 valence electrons. The normalized spacial score (nSPS) is 13.8. The predicted octanol–water partition coefficient (Wildman–Crippen LogP) is 2.69. The lowest BCUT2D eigenvalue weighted by atomic mass is 10.0. The lowest BCUT2D eigenvalue weighted by Crippen LogP contribution is -2.29. The van der Waals surface area contributed by atoms with E-state index in [0.717, 1.165) is 16.9 Å². The minimum absolute atomic E-state index is 0.106. The van der Waals surface area contributed by atoms with Gasteiger partial charge in [0.2, 0.25) is 0 Å². The minimum Gasteiger partial charge on any atom is -0.484 e. The van der Waals surface area contributed by atoms with Gasteiger partial charge in [0.1, 0.15) is 11.9 Å². The van der Waals surface area contributed by atoms with Gasteiger partial charge in [-0.2, -0.15) is 0 Å². The molecule has 0 bridgehead atoms. The first-order valence-corrected chi connectivity index (χ1v) is 6.88. The quantitative estimate of drug-likeness (QED) is 0.849. The van der Waals surface area contributed by atoms with Crippen LogP contribution >= 0.6 is 0 Å². The van der Waals surface area contributed by atoms with E-state index in [2.05, 4.69) is 0 Å². The average molecular weight is 271 g/mol.